The molecule has 29 heavy (non-hydrogen) atoms. The van der Waals surface area contributed by atoms with Gasteiger partial charge in [-0.15, -0.1) is 6.58 Å². The molecule has 1 aliphatic heterocycles. The molecule has 0 aliphatic carbocycles. The van der Waals surface area contributed by atoms with Crippen molar-refractivity contribution in [2.24, 2.45) is 0 Å². The molecule has 0 atom stereocenters. The Labute approximate surface area is 178 Å². The van der Waals surface area contributed by atoms with E-state index in [1.807, 2.05) is 6.92 Å². The van der Waals surface area contributed by atoms with Gasteiger partial charge in [0.2, 0.25) is 0 Å². The zero-order valence-electron chi connectivity index (χ0n) is 15.9. The maximum absolute atomic E-state index is 12.8. The molecule has 1 aliphatic rings. The molecule has 0 radical (unpaired) electrons. The van der Waals surface area contributed by atoms with Gasteiger partial charge in [0.05, 0.1) is 18.1 Å². The lowest BCUT2D eigenvalue weighted by molar-refractivity contribution is -0.123. The molecular weight excluding hydrogens is 410 g/mol. The van der Waals surface area contributed by atoms with Crippen molar-refractivity contribution < 1.29 is 19.4 Å². The number of amides is 2. The topological polar surface area (TPSA) is 66.8 Å². The van der Waals surface area contributed by atoms with Crippen molar-refractivity contribution in [3.63, 3.8) is 0 Å². The van der Waals surface area contributed by atoms with Gasteiger partial charge in [-0.05, 0) is 66.6 Å². The van der Waals surface area contributed by atoms with Crippen molar-refractivity contribution in [1.82, 2.24) is 4.90 Å². The van der Waals surface area contributed by atoms with Gasteiger partial charge in [0.15, 0.2) is 11.5 Å². The molecule has 0 unspecified atom stereocenters. The minimum atomic E-state index is -0.355. The fourth-order valence-corrected chi connectivity index (χ4v) is 3.87. The summed E-state index contributed by atoms with van der Waals surface area (Å²) in [5.74, 6) is 0.0319. The third-order valence-electron chi connectivity index (χ3n) is 4.27. The smallest absolute Gasteiger partial charge is 0.293 e. The highest BCUT2D eigenvalue weighted by Gasteiger charge is 2.35. The van der Waals surface area contributed by atoms with Gasteiger partial charge in [-0.1, -0.05) is 29.8 Å². The maximum atomic E-state index is 12.8. The summed E-state index contributed by atoms with van der Waals surface area (Å²) in [7, 11) is 0. The second-order valence-corrected chi connectivity index (χ2v) is 7.78. The molecule has 0 spiro atoms. The number of ether oxygens (including phenoxy) is 1. The summed E-state index contributed by atoms with van der Waals surface area (Å²) in [6.07, 6.45) is 3.77. The second-order valence-electron chi connectivity index (χ2n) is 6.35. The number of carbonyl (C=O) groups excluding carboxylic acids is 2. The largest absolute Gasteiger partial charge is 0.504 e. The van der Waals surface area contributed by atoms with Crippen LogP contribution in [0.1, 0.15) is 23.6 Å². The summed E-state index contributed by atoms with van der Waals surface area (Å²) in [6, 6.07) is 10.4. The average molecular weight is 430 g/mol. The number of thioether (sulfide) groups is 1. The van der Waals surface area contributed by atoms with Gasteiger partial charge in [-0.2, -0.15) is 0 Å². The number of imide groups is 1. The van der Waals surface area contributed by atoms with Crippen molar-refractivity contribution in [2.45, 2.75) is 19.9 Å². The van der Waals surface area contributed by atoms with E-state index in [1.54, 1.807) is 48.6 Å². The number of benzene rings is 2. The summed E-state index contributed by atoms with van der Waals surface area (Å²) in [4.78, 5) is 26.7. The lowest BCUT2D eigenvalue weighted by Gasteiger charge is -2.12. The Balaban J connectivity index is 1.88. The van der Waals surface area contributed by atoms with Crippen molar-refractivity contribution in [3.8, 4) is 11.5 Å². The van der Waals surface area contributed by atoms with Gasteiger partial charge in [0.1, 0.15) is 0 Å². The van der Waals surface area contributed by atoms with E-state index in [9.17, 15) is 14.7 Å². The first kappa shape index (κ1) is 21.0. The highest BCUT2D eigenvalue weighted by atomic mass is 35.5. The zero-order chi connectivity index (χ0) is 21.0. The summed E-state index contributed by atoms with van der Waals surface area (Å²) in [5.41, 5.74) is 2.12. The van der Waals surface area contributed by atoms with Crippen LogP contribution < -0.4 is 4.74 Å². The molecule has 0 bridgehead atoms. The highest BCUT2D eigenvalue weighted by Crippen LogP contribution is 2.37. The number of hydrogen-bond acceptors (Lipinski definition) is 5. The first-order valence-electron chi connectivity index (χ1n) is 9.02. The third kappa shape index (κ3) is 4.83. The summed E-state index contributed by atoms with van der Waals surface area (Å²) >= 11 is 6.78. The molecule has 2 aromatic rings. The van der Waals surface area contributed by atoms with Crippen LogP contribution in [-0.4, -0.2) is 27.8 Å². The monoisotopic (exact) mass is 429 g/mol. The molecule has 150 valence electrons. The molecular formula is C22H20ClNO4S. The SMILES string of the molecule is C=CCc1cc(/C=C2\SC(=O)N(Cc3ccc(Cl)cc3)C2=O)cc(OCC)c1O. The normalized spacial score (nSPS) is 15.2. The summed E-state index contributed by atoms with van der Waals surface area (Å²) in [6.45, 7) is 6.09. The number of hydrogen-bond donors (Lipinski definition) is 1. The summed E-state index contributed by atoms with van der Waals surface area (Å²) in [5, 5.41) is 10.6. The molecule has 5 nitrogen and oxygen atoms in total. The van der Waals surface area contributed by atoms with E-state index in [0.29, 0.717) is 39.8 Å². The third-order valence-corrected chi connectivity index (χ3v) is 5.42. The van der Waals surface area contributed by atoms with Gasteiger partial charge in [0, 0.05) is 10.6 Å². The van der Waals surface area contributed by atoms with E-state index in [0.717, 1.165) is 17.3 Å². The number of phenols is 1. The van der Waals surface area contributed by atoms with Crippen LogP contribution in [0.3, 0.4) is 0 Å². The Morgan fingerprint density at radius 2 is 1.97 bits per heavy atom. The van der Waals surface area contributed by atoms with Crippen LogP contribution in [0, 0.1) is 0 Å². The Kier molecular flexibility index (Phi) is 6.67. The van der Waals surface area contributed by atoms with Crippen LogP contribution in [0.2, 0.25) is 5.02 Å². The number of halogens is 1. The molecule has 7 heteroatoms. The number of aromatic hydroxyl groups is 1. The van der Waals surface area contributed by atoms with E-state index in [1.165, 1.54) is 4.90 Å². The fourth-order valence-electron chi connectivity index (χ4n) is 2.91. The number of rotatable bonds is 7. The Morgan fingerprint density at radius 1 is 1.24 bits per heavy atom. The summed E-state index contributed by atoms with van der Waals surface area (Å²) < 4.78 is 5.49. The lowest BCUT2D eigenvalue weighted by atomic mass is 10.1. The van der Waals surface area contributed by atoms with Crippen molar-refractivity contribution in [1.29, 1.82) is 0 Å². The minimum absolute atomic E-state index is 0.0553. The molecule has 2 aromatic carbocycles. The van der Waals surface area contributed by atoms with Crippen LogP contribution in [0.15, 0.2) is 54.0 Å². The Bertz CT molecular complexity index is 985. The molecule has 1 fully saturated rings. The quantitative estimate of drug-likeness (QED) is 0.471. The van der Waals surface area contributed by atoms with E-state index in [2.05, 4.69) is 6.58 Å². The zero-order valence-corrected chi connectivity index (χ0v) is 17.4. The van der Waals surface area contributed by atoms with Crippen molar-refractivity contribution in [2.75, 3.05) is 6.61 Å². The lowest BCUT2D eigenvalue weighted by Crippen LogP contribution is -2.27. The maximum Gasteiger partial charge on any atom is 0.293 e. The Morgan fingerprint density at radius 3 is 2.62 bits per heavy atom. The first-order valence-corrected chi connectivity index (χ1v) is 10.2. The molecule has 0 aromatic heterocycles. The molecule has 1 N–H and O–H groups in total. The number of allylic oxidation sites excluding steroid dienone is 1. The standard InChI is InChI=1S/C22H20ClNO4S/c1-3-5-16-10-15(11-18(20(16)25)28-4-2)12-19-21(26)24(22(27)29-19)13-14-6-8-17(23)9-7-14/h3,6-12,25H,1,4-5,13H2,2H3/b19-12-. The van der Waals surface area contributed by atoms with Crippen LogP contribution in [0.25, 0.3) is 6.08 Å². The first-order chi connectivity index (χ1) is 13.9. The predicted octanol–water partition coefficient (Wildman–Crippen LogP) is 5.41. The average Bonchev–Trinajstić information content (AvgIpc) is 2.95. The van der Waals surface area contributed by atoms with Gasteiger partial charge < -0.3 is 9.84 Å². The predicted molar refractivity (Wildman–Crippen MR) is 116 cm³/mol. The van der Waals surface area contributed by atoms with Gasteiger partial charge in [0.25, 0.3) is 11.1 Å². The molecule has 1 saturated heterocycles. The second kappa shape index (κ2) is 9.20. The van der Waals surface area contributed by atoms with Crippen LogP contribution >= 0.6 is 23.4 Å². The van der Waals surface area contributed by atoms with Crippen LogP contribution in [0.5, 0.6) is 11.5 Å². The van der Waals surface area contributed by atoms with Crippen molar-refractivity contribution >= 4 is 40.6 Å². The van der Waals surface area contributed by atoms with Gasteiger partial charge >= 0.3 is 0 Å². The van der Waals surface area contributed by atoms with Crippen LogP contribution in [-0.2, 0) is 17.8 Å². The molecule has 2 amide bonds. The molecule has 0 saturated carbocycles. The highest BCUT2D eigenvalue weighted by molar-refractivity contribution is 8.18. The fraction of sp³-hybridized carbons (Fsp3) is 0.182. The number of nitrogens with zero attached hydrogens (tertiary/aromatic N) is 1. The number of phenolic OH excluding ortho intramolecular Hbond substituents is 1. The van der Waals surface area contributed by atoms with E-state index >= 15 is 0 Å². The molecule has 1 heterocycles. The van der Waals surface area contributed by atoms with E-state index < -0.39 is 0 Å². The molecule has 3 rings (SSSR count). The van der Waals surface area contributed by atoms with Gasteiger partial charge in [-0.25, -0.2) is 0 Å². The number of carbonyl (C=O) groups is 2. The Hall–Kier alpha value is -2.70. The minimum Gasteiger partial charge on any atom is -0.504 e. The van der Waals surface area contributed by atoms with E-state index in [4.69, 9.17) is 16.3 Å². The van der Waals surface area contributed by atoms with Crippen molar-refractivity contribution in [3.05, 3.63) is 75.7 Å². The van der Waals surface area contributed by atoms with E-state index in [-0.39, 0.29) is 23.4 Å². The van der Waals surface area contributed by atoms with Crippen LogP contribution in [0.4, 0.5) is 4.79 Å². The van der Waals surface area contributed by atoms with Gasteiger partial charge in [-0.3, -0.25) is 14.5 Å².